The molecule has 0 aliphatic heterocycles. The van der Waals surface area contributed by atoms with Crippen LogP contribution in [0.5, 0.6) is 0 Å². The molecule has 28 heavy (non-hydrogen) atoms. The molecule has 1 unspecified atom stereocenters. The maximum absolute atomic E-state index is 12.7. The Morgan fingerprint density at radius 2 is 1.93 bits per heavy atom. The van der Waals surface area contributed by atoms with Gasteiger partial charge in [0.05, 0.1) is 12.7 Å². The van der Waals surface area contributed by atoms with Crippen molar-refractivity contribution in [1.82, 2.24) is 20.4 Å². The molecular weight excluding hydrogens is 360 g/mol. The molecule has 0 aliphatic rings. The van der Waals surface area contributed by atoms with Gasteiger partial charge in [0.25, 0.3) is 5.91 Å². The zero-order valence-corrected chi connectivity index (χ0v) is 15.7. The number of hydrogen-bond donors (Lipinski definition) is 1. The number of carbonyl (C=O) groups excluding carboxylic acids is 2. The molecular formula is C20H20N4O4. The molecule has 0 spiro atoms. The smallest absolute Gasteiger partial charge is 0.337 e. The predicted octanol–water partition coefficient (Wildman–Crippen LogP) is 3.05. The second-order valence-electron chi connectivity index (χ2n) is 6.47. The van der Waals surface area contributed by atoms with Crippen molar-refractivity contribution in [3.63, 3.8) is 0 Å². The Balaban J connectivity index is 1.81. The number of methoxy groups -OCH3 is 1. The highest BCUT2D eigenvalue weighted by Crippen LogP contribution is 2.23. The third kappa shape index (κ3) is 4.22. The molecule has 2 aromatic heterocycles. The van der Waals surface area contributed by atoms with Crippen LogP contribution in [0.4, 0.5) is 0 Å². The number of amides is 1. The molecule has 3 rings (SSSR count). The molecule has 0 aliphatic carbocycles. The standard InChI is InChI=1S/C20H20N4O4/c1-12(2)16(19-23-17(24-28-19)15-8-5-9-21-11-15)22-18(25)13-6-4-7-14(10-13)20(26)27-3/h4-12,16H,1-3H3,(H,22,25). The van der Waals surface area contributed by atoms with Crippen LogP contribution in [0.3, 0.4) is 0 Å². The van der Waals surface area contributed by atoms with Gasteiger partial charge >= 0.3 is 5.97 Å². The van der Waals surface area contributed by atoms with Crippen LogP contribution in [0.1, 0.15) is 46.5 Å². The van der Waals surface area contributed by atoms with Gasteiger partial charge in [-0.25, -0.2) is 4.79 Å². The third-order valence-electron chi connectivity index (χ3n) is 4.13. The van der Waals surface area contributed by atoms with Gasteiger partial charge in [-0.3, -0.25) is 9.78 Å². The minimum Gasteiger partial charge on any atom is -0.465 e. The summed E-state index contributed by atoms with van der Waals surface area (Å²) in [5.74, 6) is -0.171. The van der Waals surface area contributed by atoms with Gasteiger partial charge in [0, 0.05) is 23.5 Å². The topological polar surface area (TPSA) is 107 Å². The summed E-state index contributed by atoms with van der Waals surface area (Å²) in [6.07, 6.45) is 3.29. The van der Waals surface area contributed by atoms with E-state index in [4.69, 9.17) is 9.26 Å². The second-order valence-corrected chi connectivity index (χ2v) is 6.47. The molecule has 2 heterocycles. The van der Waals surface area contributed by atoms with Crippen LogP contribution in [0.15, 0.2) is 53.3 Å². The minimum absolute atomic E-state index is 0.00469. The monoisotopic (exact) mass is 380 g/mol. The largest absolute Gasteiger partial charge is 0.465 e. The molecule has 1 aromatic carbocycles. The number of nitrogens with zero attached hydrogens (tertiary/aromatic N) is 3. The average Bonchev–Trinajstić information content (AvgIpc) is 3.21. The van der Waals surface area contributed by atoms with E-state index in [1.165, 1.54) is 13.2 Å². The lowest BCUT2D eigenvalue weighted by Crippen LogP contribution is -2.32. The van der Waals surface area contributed by atoms with Crippen LogP contribution >= 0.6 is 0 Å². The van der Waals surface area contributed by atoms with Crippen LogP contribution in [-0.4, -0.2) is 34.1 Å². The van der Waals surface area contributed by atoms with Crippen LogP contribution in [0, 0.1) is 5.92 Å². The van der Waals surface area contributed by atoms with Gasteiger partial charge in [-0.15, -0.1) is 0 Å². The highest BCUT2D eigenvalue weighted by atomic mass is 16.5. The van der Waals surface area contributed by atoms with Crippen LogP contribution in [-0.2, 0) is 4.74 Å². The van der Waals surface area contributed by atoms with Gasteiger partial charge in [-0.1, -0.05) is 25.1 Å². The molecule has 1 N–H and O–H groups in total. The molecule has 0 radical (unpaired) electrons. The summed E-state index contributed by atoms with van der Waals surface area (Å²) in [7, 11) is 1.29. The SMILES string of the molecule is COC(=O)c1cccc(C(=O)NC(c2nc(-c3cccnc3)no2)C(C)C)c1. The Labute approximate surface area is 161 Å². The highest BCUT2D eigenvalue weighted by Gasteiger charge is 2.25. The van der Waals surface area contributed by atoms with E-state index in [0.29, 0.717) is 22.8 Å². The Kier molecular flexibility index (Phi) is 5.78. The Hall–Kier alpha value is -3.55. The van der Waals surface area contributed by atoms with Crippen molar-refractivity contribution in [3.05, 3.63) is 65.8 Å². The van der Waals surface area contributed by atoms with Crippen molar-refractivity contribution in [1.29, 1.82) is 0 Å². The van der Waals surface area contributed by atoms with Crippen molar-refractivity contribution in [3.8, 4) is 11.4 Å². The maximum Gasteiger partial charge on any atom is 0.337 e. The average molecular weight is 380 g/mol. The summed E-state index contributed by atoms with van der Waals surface area (Å²) in [5, 5.41) is 6.87. The predicted molar refractivity (Wildman–Crippen MR) is 100 cm³/mol. The summed E-state index contributed by atoms with van der Waals surface area (Å²) >= 11 is 0. The van der Waals surface area contributed by atoms with Gasteiger partial charge in [-0.2, -0.15) is 4.98 Å². The van der Waals surface area contributed by atoms with Gasteiger partial charge in [0.2, 0.25) is 11.7 Å². The summed E-state index contributed by atoms with van der Waals surface area (Å²) in [6, 6.07) is 9.41. The van der Waals surface area contributed by atoms with E-state index in [1.54, 1.807) is 36.7 Å². The lowest BCUT2D eigenvalue weighted by Gasteiger charge is -2.18. The molecule has 1 atom stereocenters. The lowest BCUT2D eigenvalue weighted by atomic mass is 10.0. The lowest BCUT2D eigenvalue weighted by molar-refractivity contribution is 0.0600. The van der Waals surface area contributed by atoms with Crippen molar-refractivity contribution < 1.29 is 18.8 Å². The molecule has 0 saturated carbocycles. The number of ether oxygens (including phenoxy) is 1. The number of aromatic nitrogens is 3. The number of carbonyl (C=O) groups is 2. The quantitative estimate of drug-likeness (QED) is 0.655. The number of esters is 1. The highest BCUT2D eigenvalue weighted by molar-refractivity contribution is 5.98. The number of pyridine rings is 1. The summed E-state index contributed by atoms with van der Waals surface area (Å²) < 4.78 is 10.1. The van der Waals surface area contributed by atoms with Gasteiger partial charge < -0.3 is 14.6 Å². The Morgan fingerprint density at radius 3 is 2.61 bits per heavy atom. The Bertz CT molecular complexity index is 969. The van der Waals surface area contributed by atoms with E-state index in [0.717, 1.165) is 5.56 Å². The summed E-state index contributed by atoms with van der Waals surface area (Å²) in [5.41, 5.74) is 1.35. The van der Waals surface area contributed by atoms with Gasteiger partial charge in [0.1, 0.15) is 6.04 Å². The van der Waals surface area contributed by atoms with E-state index in [1.807, 2.05) is 19.9 Å². The van der Waals surface area contributed by atoms with E-state index in [-0.39, 0.29) is 11.8 Å². The molecule has 3 aromatic rings. The second kappa shape index (κ2) is 8.43. The first-order valence-electron chi connectivity index (χ1n) is 8.73. The van der Waals surface area contributed by atoms with Gasteiger partial charge in [-0.05, 0) is 36.2 Å². The van der Waals surface area contributed by atoms with E-state index in [2.05, 4.69) is 20.4 Å². The zero-order chi connectivity index (χ0) is 20.1. The Morgan fingerprint density at radius 1 is 1.14 bits per heavy atom. The fourth-order valence-corrected chi connectivity index (χ4v) is 2.62. The zero-order valence-electron chi connectivity index (χ0n) is 15.7. The van der Waals surface area contributed by atoms with E-state index < -0.39 is 12.0 Å². The summed E-state index contributed by atoms with van der Waals surface area (Å²) in [4.78, 5) is 32.8. The maximum atomic E-state index is 12.7. The van der Waals surface area contributed by atoms with Crippen LogP contribution in [0.2, 0.25) is 0 Å². The van der Waals surface area contributed by atoms with Crippen molar-refractivity contribution in [2.75, 3.05) is 7.11 Å². The van der Waals surface area contributed by atoms with Crippen molar-refractivity contribution in [2.24, 2.45) is 5.92 Å². The molecule has 1 amide bonds. The van der Waals surface area contributed by atoms with E-state index in [9.17, 15) is 9.59 Å². The van der Waals surface area contributed by atoms with E-state index >= 15 is 0 Å². The minimum atomic E-state index is -0.506. The van der Waals surface area contributed by atoms with Crippen molar-refractivity contribution in [2.45, 2.75) is 19.9 Å². The number of rotatable bonds is 6. The molecule has 0 fully saturated rings. The fourth-order valence-electron chi connectivity index (χ4n) is 2.62. The number of hydrogen-bond acceptors (Lipinski definition) is 7. The molecule has 0 bridgehead atoms. The first kappa shape index (κ1) is 19.2. The normalized spacial score (nSPS) is 11.9. The first-order chi connectivity index (χ1) is 13.5. The first-order valence-corrected chi connectivity index (χ1v) is 8.73. The third-order valence-corrected chi connectivity index (χ3v) is 4.13. The molecule has 144 valence electrons. The molecule has 8 nitrogen and oxygen atoms in total. The molecule has 0 saturated heterocycles. The summed E-state index contributed by atoms with van der Waals surface area (Å²) in [6.45, 7) is 3.87. The molecule has 8 heteroatoms. The van der Waals surface area contributed by atoms with Crippen molar-refractivity contribution >= 4 is 11.9 Å². The number of nitrogens with one attached hydrogen (secondary N) is 1. The van der Waals surface area contributed by atoms with Gasteiger partial charge in [0.15, 0.2) is 0 Å². The number of benzene rings is 1. The van der Waals surface area contributed by atoms with Crippen LogP contribution < -0.4 is 5.32 Å². The van der Waals surface area contributed by atoms with Crippen LogP contribution in [0.25, 0.3) is 11.4 Å². The fraction of sp³-hybridized carbons (Fsp3) is 0.250.